The van der Waals surface area contributed by atoms with Gasteiger partial charge in [0.1, 0.15) is 6.04 Å². The van der Waals surface area contributed by atoms with Crippen LogP contribution in [0.4, 0.5) is 0 Å². The van der Waals surface area contributed by atoms with Gasteiger partial charge in [0.05, 0.1) is 12.7 Å². The van der Waals surface area contributed by atoms with E-state index in [2.05, 4.69) is 12.2 Å². The van der Waals surface area contributed by atoms with Gasteiger partial charge in [-0.25, -0.2) is 0 Å². The molecule has 1 heterocycles. The predicted molar refractivity (Wildman–Crippen MR) is 66.7 cm³/mol. The molecule has 0 aromatic heterocycles. The minimum absolute atomic E-state index is 0.213. The monoisotopic (exact) mass is 243 g/mol. The van der Waals surface area contributed by atoms with Crippen molar-refractivity contribution in [3.05, 3.63) is 0 Å². The molecule has 0 radical (unpaired) electrons. The van der Waals surface area contributed by atoms with Crippen molar-refractivity contribution in [2.45, 2.75) is 64.0 Å². The minimum Gasteiger partial charge on any atom is -0.465 e. The lowest BCUT2D eigenvalue weighted by atomic mass is 10.1. The molecule has 0 unspecified atom stereocenters. The molecule has 2 N–H and O–H groups in total. The van der Waals surface area contributed by atoms with E-state index in [-0.39, 0.29) is 12.0 Å². The molecule has 1 aliphatic heterocycles. The molecule has 4 nitrogen and oxygen atoms in total. The lowest BCUT2D eigenvalue weighted by Gasteiger charge is -2.09. The molecule has 1 aliphatic rings. The normalized spacial score (nSPS) is 23.9. The van der Waals surface area contributed by atoms with Crippen LogP contribution in [0.5, 0.6) is 0 Å². The van der Waals surface area contributed by atoms with E-state index in [4.69, 9.17) is 4.74 Å². The maximum absolute atomic E-state index is 11.5. The van der Waals surface area contributed by atoms with Gasteiger partial charge >= 0.3 is 5.97 Å². The molecule has 0 aromatic rings. The van der Waals surface area contributed by atoms with Crippen LogP contribution in [0.2, 0.25) is 0 Å². The fourth-order valence-electron chi connectivity index (χ4n) is 2.05. The minimum atomic E-state index is -0.401. The van der Waals surface area contributed by atoms with Gasteiger partial charge in [-0.15, -0.1) is 0 Å². The van der Waals surface area contributed by atoms with Gasteiger partial charge < -0.3 is 15.2 Å². The third kappa shape index (κ3) is 6.03. The lowest BCUT2D eigenvalue weighted by molar-refractivity contribution is -0.146. The zero-order valence-corrected chi connectivity index (χ0v) is 10.8. The van der Waals surface area contributed by atoms with E-state index in [1.54, 1.807) is 0 Å². The van der Waals surface area contributed by atoms with Crippen molar-refractivity contribution in [3.8, 4) is 0 Å². The van der Waals surface area contributed by atoms with Gasteiger partial charge in [0.25, 0.3) is 0 Å². The van der Waals surface area contributed by atoms with Gasteiger partial charge in [-0.3, -0.25) is 4.79 Å². The Morgan fingerprint density at radius 1 is 1.29 bits per heavy atom. The number of unbranched alkanes of at least 4 members (excludes halogenated alkanes) is 5. The molecule has 0 aliphatic carbocycles. The third-order valence-corrected chi connectivity index (χ3v) is 3.13. The van der Waals surface area contributed by atoms with Crippen LogP contribution in [0.1, 0.15) is 51.9 Å². The Balaban J connectivity index is 1.93. The van der Waals surface area contributed by atoms with Gasteiger partial charge in [0.2, 0.25) is 0 Å². The number of hydrogen-bond acceptors (Lipinski definition) is 4. The Morgan fingerprint density at radius 2 is 2.00 bits per heavy atom. The van der Waals surface area contributed by atoms with Gasteiger partial charge in [0.15, 0.2) is 0 Å². The van der Waals surface area contributed by atoms with Crippen molar-refractivity contribution in [1.82, 2.24) is 5.32 Å². The first kappa shape index (κ1) is 14.5. The third-order valence-electron chi connectivity index (χ3n) is 3.13. The van der Waals surface area contributed by atoms with Crippen molar-refractivity contribution in [3.63, 3.8) is 0 Å². The summed E-state index contributed by atoms with van der Waals surface area (Å²) in [4.78, 5) is 11.5. The molecule has 100 valence electrons. The second-order valence-corrected chi connectivity index (χ2v) is 4.79. The van der Waals surface area contributed by atoms with E-state index in [1.807, 2.05) is 0 Å². The topological polar surface area (TPSA) is 58.6 Å². The largest absolute Gasteiger partial charge is 0.465 e. The summed E-state index contributed by atoms with van der Waals surface area (Å²) in [6.45, 7) is 3.21. The van der Waals surface area contributed by atoms with Crippen molar-refractivity contribution in [2.75, 3.05) is 13.2 Å². The summed E-state index contributed by atoms with van der Waals surface area (Å²) in [5.74, 6) is -0.213. The maximum Gasteiger partial charge on any atom is 0.323 e. The van der Waals surface area contributed by atoms with E-state index in [9.17, 15) is 9.90 Å². The van der Waals surface area contributed by atoms with Crippen LogP contribution in [0.25, 0.3) is 0 Å². The van der Waals surface area contributed by atoms with Gasteiger partial charge in [-0.2, -0.15) is 0 Å². The van der Waals surface area contributed by atoms with E-state index in [1.165, 1.54) is 25.7 Å². The van der Waals surface area contributed by atoms with Crippen LogP contribution in [0, 0.1) is 0 Å². The fraction of sp³-hybridized carbons (Fsp3) is 0.923. The summed E-state index contributed by atoms with van der Waals surface area (Å²) in [6, 6.07) is -0.301. The fourth-order valence-corrected chi connectivity index (χ4v) is 2.05. The van der Waals surface area contributed by atoms with Crippen LogP contribution in [-0.4, -0.2) is 36.4 Å². The molecule has 0 amide bonds. The van der Waals surface area contributed by atoms with E-state index in [0.717, 1.165) is 12.8 Å². The number of rotatable bonds is 8. The van der Waals surface area contributed by atoms with Gasteiger partial charge in [0, 0.05) is 13.0 Å². The molecule has 0 bridgehead atoms. The summed E-state index contributed by atoms with van der Waals surface area (Å²) in [5, 5.41) is 12.2. The molecule has 1 fully saturated rings. The molecule has 0 aromatic carbocycles. The highest BCUT2D eigenvalue weighted by Gasteiger charge is 2.28. The van der Waals surface area contributed by atoms with Crippen molar-refractivity contribution in [2.24, 2.45) is 0 Å². The number of aliphatic hydroxyl groups excluding tert-OH is 1. The number of nitrogens with one attached hydrogen (secondary N) is 1. The molecule has 1 saturated heterocycles. The van der Waals surface area contributed by atoms with Crippen LogP contribution >= 0.6 is 0 Å². The Hall–Kier alpha value is -0.610. The second-order valence-electron chi connectivity index (χ2n) is 4.79. The van der Waals surface area contributed by atoms with Crippen LogP contribution in [-0.2, 0) is 9.53 Å². The van der Waals surface area contributed by atoms with Crippen LogP contribution in [0.3, 0.4) is 0 Å². The van der Waals surface area contributed by atoms with E-state index >= 15 is 0 Å². The number of aliphatic hydroxyl groups is 1. The summed E-state index contributed by atoms with van der Waals surface area (Å²) >= 11 is 0. The highest BCUT2D eigenvalue weighted by molar-refractivity contribution is 5.76. The number of carbonyl (C=O) groups excluding carboxylic acids is 1. The Kier molecular flexibility index (Phi) is 7.21. The Bertz CT molecular complexity index is 221. The Labute approximate surface area is 104 Å². The number of hydrogen-bond donors (Lipinski definition) is 2. The number of β-amino-alcohol motifs (C(OH)–C–C–N with tert-alkyl or cyclic N) is 1. The summed E-state index contributed by atoms with van der Waals surface area (Å²) < 4.78 is 5.17. The van der Waals surface area contributed by atoms with Crippen molar-refractivity contribution in [1.29, 1.82) is 0 Å². The number of ether oxygens (including phenoxy) is 1. The highest BCUT2D eigenvalue weighted by Crippen LogP contribution is 2.09. The lowest BCUT2D eigenvalue weighted by Crippen LogP contribution is -2.32. The quantitative estimate of drug-likeness (QED) is 0.502. The molecule has 4 heteroatoms. The smallest absolute Gasteiger partial charge is 0.323 e. The summed E-state index contributed by atoms with van der Waals surface area (Å²) in [7, 11) is 0. The average molecular weight is 243 g/mol. The molecule has 2 atom stereocenters. The standard InChI is InChI=1S/C13H25NO3/c1-2-3-4-5-6-7-8-17-13(16)12-9-11(15)10-14-12/h11-12,14-15H,2-10H2,1H3/t11-,12-/m0/s1. The SMILES string of the molecule is CCCCCCCCOC(=O)[C@@H]1C[C@H](O)CN1. The molecule has 0 spiro atoms. The summed E-state index contributed by atoms with van der Waals surface area (Å²) in [5.41, 5.74) is 0. The van der Waals surface area contributed by atoms with Crippen LogP contribution in [0.15, 0.2) is 0 Å². The van der Waals surface area contributed by atoms with Gasteiger partial charge in [-0.1, -0.05) is 39.0 Å². The van der Waals surface area contributed by atoms with Crippen molar-refractivity contribution >= 4 is 5.97 Å². The number of esters is 1. The first-order chi connectivity index (χ1) is 8.24. The molecular weight excluding hydrogens is 218 g/mol. The molecular formula is C13H25NO3. The predicted octanol–water partition coefficient (Wildman–Crippen LogP) is 1.61. The maximum atomic E-state index is 11.5. The highest BCUT2D eigenvalue weighted by atomic mass is 16.5. The molecule has 1 rings (SSSR count). The van der Waals surface area contributed by atoms with Crippen LogP contribution < -0.4 is 5.32 Å². The Morgan fingerprint density at radius 3 is 2.65 bits per heavy atom. The zero-order chi connectivity index (χ0) is 12.5. The first-order valence-corrected chi connectivity index (χ1v) is 6.82. The van der Waals surface area contributed by atoms with Crippen molar-refractivity contribution < 1.29 is 14.6 Å². The summed E-state index contributed by atoms with van der Waals surface area (Å²) in [6.07, 6.45) is 7.22. The van der Waals surface area contributed by atoms with Gasteiger partial charge in [-0.05, 0) is 6.42 Å². The molecule has 17 heavy (non-hydrogen) atoms. The number of carbonyl (C=O) groups is 1. The average Bonchev–Trinajstić information content (AvgIpc) is 2.74. The van der Waals surface area contributed by atoms with E-state index in [0.29, 0.717) is 19.6 Å². The molecule has 0 saturated carbocycles. The first-order valence-electron chi connectivity index (χ1n) is 6.82. The second kappa shape index (κ2) is 8.48. The zero-order valence-electron chi connectivity index (χ0n) is 10.8. The van der Waals surface area contributed by atoms with E-state index < -0.39 is 6.10 Å².